The van der Waals surface area contributed by atoms with Crippen molar-refractivity contribution in [1.82, 2.24) is 4.90 Å². The van der Waals surface area contributed by atoms with Gasteiger partial charge >= 0.3 is 0 Å². The summed E-state index contributed by atoms with van der Waals surface area (Å²) in [7, 11) is 2.25. The molecule has 0 spiro atoms. The highest BCUT2D eigenvalue weighted by atomic mass is 15.2. The molecule has 2 nitrogen and oxygen atoms in total. The Labute approximate surface area is 86.7 Å². The number of nitrogens with zero attached hydrogens (tertiary/aromatic N) is 2. The third kappa shape index (κ3) is 1.42. The third-order valence-electron chi connectivity index (χ3n) is 3.79. The van der Waals surface area contributed by atoms with Crippen molar-refractivity contribution in [2.45, 2.75) is 38.1 Å². The number of rotatable bonds is 2. The highest BCUT2D eigenvalue weighted by molar-refractivity contribution is 5.82. The van der Waals surface area contributed by atoms with Crippen LogP contribution in [0.25, 0.3) is 0 Å². The van der Waals surface area contributed by atoms with Gasteiger partial charge in [0.25, 0.3) is 0 Å². The molecular weight excluding hydrogens is 172 g/mol. The zero-order chi connectivity index (χ0) is 10.0. The van der Waals surface area contributed by atoms with Gasteiger partial charge in [-0.25, -0.2) is 0 Å². The number of hydrogen-bond donors (Lipinski definition) is 0. The molecule has 2 aliphatic rings. The van der Waals surface area contributed by atoms with E-state index in [0.29, 0.717) is 5.54 Å². The maximum absolute atomic E-state index is 4.41. The average Bonchev–Trinajstić information content (AvgIpc) is 2.62. The summed E-state index contributed by atoms with van der Waals surface area (Å²) in [4.78, 5) is 6.92. The van der Waals surface area contributed by atoms with E-state index in [1.54, 1.807) is 0 Å². The Bertz CT molecular complexity index is 267. The van der Waals surface area contributed by atoms with Gasteiger partial charge in [0.2, 0.25) is 0 Å². The first-order valence-electron chi connectivity index (χ1n) is 5.71. The van der Waals surface area contributed by atoms with E-state index in [1.165, 1.54) is 31.4 Å². The van der Waals surface area contributed by atoms with E-state index in [4.69, 9.17) is 0 Å². The van der Waals surface area contributed by atoms with Crippen molar-refractivity contribution in [3.05, 3.63) is 11.6 Å². The molecule has 0 bridgehead atoms. The molecule has 1 unspecified atom stereocenters. The Balaban J connectivity index is 2.27. The molecule has 0 aromatic carbocycles. The quantitative estimate of drug-likeness (QED) is 0.655. The lowest BCUT2D eigenvalue weighted by Crippen LogP contribution is -2.43. The second-order valence-corrected chi connectivity index (χ2v) is 4.39. The molecule has 2 heterocycles. The van der Waals surface area contributed by atoms with E-state index in [-0.39, 0.29) is 0 Å². The van der Waals surface area contributed by atoms with Crippen LogP contribution in [0, 0.1) is 0 Å². The summed E-state index contributed by atoms with van der Waals surface area (Å²) in [5, 5.41) is 0. The van der Waals surface area contributed by atoms with Crippen LogP contribution in [0.1, 0.15) is 32.6 Å². The molecule has 2 heteroatoms. The fraction of sp³-hybridized carbons (Fsp3) is 0.750. The first-order chi connectivity index (χ1) is 6.79. The SMILES string of the molecule is CCC1(C2=CCCN=C2)CCCN1C. The van der Waals surface area contributed by atoms with E-state index < -0.39 is 0 Å². The second-order valence-electron chi connectivity index (χ2n) is 4.39. The Morgan fingerprint density at radius 3 is 2.93 bits per heavy atom. The van der Waals surface area contributed by atoms with Crippen molar-refractivity contribution < 1.29 is 0 Å². The lowest BCUT2D eigenvalue weighted by molar-refractivity contribution is 0.215. The molecule has 0 amide bonds. The number of likely N-dealkylation sites (tertiary alicyclic amines) is 1. The van der Waals surface area contributed by atoms with Gasteiger partial charge in [0.05, 0.1) is 0 Å². The monoisotopic (exact) mass is 192 g/mol. The molecular formula is C12H20N2. The van der Waals surface area contributed by atoms with Crippen LogP contribution in [-0.2, 0) is 0 Å². The largest absolute Gasteiger partial charge is 0.297 e. The van der Waals surface area contributed by atoms with E-state index in [2.05, 4.69) is 36.2 Å². The maximum Gasteiger partial charge on any atom is 0.0467 e. The van der Waals surface area contributed by atoms with Gasteiger partial charge < -0.3 is 0 Å². The van der Waals surface area contributed by atoms with Gasteiger partial charge in [0.1, 0.15) is 0 Å². The van der Waals surface area contributed by atoms with Crippen LogP contribution in [0.2, 0.25) is 0 Å². The molecule has 2 aliphatic heterocycles. The van der Waals surface area contributed by atoms with Crippen LogP contribution in [-0.4, -0.2) is 36.8 Å². The van der Waals surface area contributed by atoms with Gasteiger partial charge in [-0.15, -0.1) is 0 Å². The highest BCUT2D eigenvalue weighted by Crippen LogP contribution is 2.37. The van der Waals surface area contributed by atoms with Crippen molar-refractivity contribution in [2.75, 3.05) is 20.1 Å². The Morgan fingerprint density at radius 2 is 2.43 bits per heavy atom. The minimum atomic E-state index is 0.309. The topological polar surface area (TPSA) is 15.6 Å². The van der Waals surface area contributed by atoms with Crippen LogP contribution in [0.5, 0.6) is 0 Å². The molecule has 14 heavy (non-hydrogen) atoms. The first-order valence-corrected chi connectivity index (χ1v) is 5.71. The Morgan fingerprint density at radius 1 is 1.57 bits per heavy atom. The van der Waals surface area contributed by atoms with Crippen molar-refractivity contribution in [2.24, 2.45) is 4.99 Å². The second kappa shape index (κ2) is 3.85. The van der Waals surface area contributed by atoms with Crippen molar-refractivity contribution in [1.29, 1.82) is 0 Å². The van der Waals surface area contributed by atoms with E-state index in [9.17, 15) is 0 Å². The van der Waals surface area contributed by atoms with Crippen LogP contribution in [0.3, 0.4) is 0 Å². The van der Waals surface area contributed by atoms with E-state index >= 15 is 0 Å². The number of dihydropyridines is 1. The van der Waals surface area contributed by atoms with Gasteiger partial charge in [0, 0.05) is 18.3 Å². The average molecular weight is 192 g/mol. The molecule has 0 aromatic heterocycles. The Kier molecular flexibility index (Phi) is 2.73. The molecule has 0 radical (unpaired) electrons. The zero-order valence-electron chi connectivity index (χ0n) is 9.29. The van der Waals surface area contributed by atoms with Gasteiger partial charge in [-0.2, -0.15) is 0 Å². The summed E-state index contributed by atoms with van der Waals surface area (Å²) < 4.78 is 0. The first kappa shape index (κ1) is 9.91. The molecule has 2 rings (SSSR count). The summed E-state index contributed by atoms with van der Waals surface area (Å²) in [5.74, 6) is 0. The van der Waals surface area contributed by atoms with Crippen LogP contribution >= 0.6 is 0 Å². The standard InChI is InChI=1S/C12H20N2/c1-3-12(7-5-9-14(12)2)11-6-4-8-13-10-11/h6,10H,3-5,7-9H2,1-2H3. The molecule has 78 valence electrons. The summed E-state index contributed by atoms with van der Waals surface area (Å²) in [6.07, 6.45) is 9.46. The fourth-order valence-corrected chi connectivity index (χ4v) is 2.85. The predicted molar refractivity (Wildman–Crippen MR) is 60.9 cm³/mol. The lowest BCUT2D eigenvalue weighted by atomic mass is 9.84. The maximum atomic E-state index is 4.41. The van der Waals surface area contributed by atoms with Crippen LogP contribution in [0.4, 0.5) is 0 Å². The van der Waals surface area contributed by atoms with E-state index in [1.807, 2.05) is 0 Å². The number of likely N-dealkylation sites (N-methyl/N-ethyl adjacent to an activating group) is 1. The zero-order valence-corrected chi connectivity index (χ0v) is 9.29. The minimum Gasteiger partial charge on any atom is -0.297 e. The van der Waals surface area contributed by atoms with Crippen molar-refractivity contribution in [3.8, 4) is 0 Å². The van der Waals surface area contributed by atoms with Crippen molar-refractivity contribution >= 4 is 6.21 Å². The smallest absolute Gasteiger partial charge is 0.0467 e. The molecule has 0 N–H and O–H groups in total. The highest BCUT2D eigenvalue weighted by Gasteiger charge is 2.39. The normalized spacial score (nSPS) is 33.4. The predicted octanol–water partition coefficient (Wildman–Crippen LogP) is 2.26. The van der Waals surface area contributed by atoms with Gasteiger partial charge in [-0.05, 0) is 44.8 Å². The summed E-state index contributed by atoms with van der Waals surface area (Å²) in [5.41, 5.74) is 1.77. The molecule has 0 saturated carbocycles. The Hall–Kier alpha value is -0.630. The van der Waals surface area contributed by atoms with E-state index in [0.717, 1.165) is 13.0 Å². The summed E-state index contributed by atoms with van der Waals surface area (Å²) >= 11 is 0. The summed E-state index contributed by atoms with van der Waals surface area (Å²) in [6.45, 7) is 4.51. The van der Waals surface area contributed by atoms with Crippen molar-refractivity contribution in [3.63, 3.8) is 0 Å². The molecule has 1 atom stereocenters. The number of aliphatic imine (C=N–C) groups is 1. The fourth-order valence-electron chi connectivity index (χ4n) is 2.85. The number of hydrogen-bond acceptors (Lipinski definition) is 2. The van der Waals surface area contributed by atoms with Gasteiger partial charge in [-0.3, -0.25) is 9.89 Å². The molecule has 0 aliphatic carbocycles. The third-order valence-corrected chi connectivity index (χ3v) is 3.79. The molecule has 1 fully saturated rings. The molecule has 1 saturated heterocycles. The van der Waals surface area contributed by atoms with Gasteiger partial charge in [-0.1, -0.05) is 13.0 Å². The molecule has 0 aromatic rings. The summed E-state index contributed by atoms with van der Waals surface area (Å²) in [6, 6.07) is 0. The lowest BCUT2D eigenvalue weighted by Gasteiger charge is -2.37. The van der Waals surface area contributed by atoms with Crippen LogP contribution < -0.4 is 0 Å². The van der Waals surface area contributed by atoms with Crippen LogP contribution in [0.15, 0.2) is 16.6 Å². The minimum absolute atomic E-state index is 0.309. The van der Waals surface area contributed by atoms with Gasteiger partial charge in [0.15, 0.2) is 0 Å².